The Morgan fingerprint density at radius 3 is 2.62 bits per heavy atom. The van der Waals surface area contributed by atoms with Gasteiger partial charge in [-0.25, -0.2) is 9.78 Å². The molecule has 26 heavy (non-hydrogen) atoms. The molecule has 6 rings (SSSR count). The number of hydrogen-bond donors (Lipinski definition) is 0. The zero-order chi connectivity index (χ0) is 17.9. The number of fused-ring (bicyclic) bond motifs is 2. The summed E-state index contributed by atoms with van der Waals surface area (Å²) in [5.41, 5.74) is 0.878. The van der Waals surface area contributed by atoms with Crippen molar-refractivity contribution >= 4 is 0 Å². The molecule has 4 heterocycles. The SMILES string of the molecule is C[C@H]1[C@@H](Cc2ccccc2)O[C@@H]2O[C@@]3(C)CC[C@H]4[C@@H](C)CC[C@@H]1[C@@]24OO3. The Labute approximate surface area is 156 Å². The predicted octanol–water partition coefficient (Wildman–Crippen LogP) is 4.48. The molecule has 8 atom stereocenters. The Kier molecular flexibility index (Phi) is 3.98. The molecule has 0 amide bonds. The fraction of sp³-hybridized carbons (Fsp3) is 0.727. The quantitative estimate of drug-likeness (QED) is 0.731. The van der Waals surface area contributed by atoms with E-state index in [1.54, 1.807) is 0 Å². The van der Waals surface area contributed by atoms with Crippen LogP contribution in [-0.4, -0.2) is 23.8 Å². The van der Waals surface area contributed by atoms with Crippen molar-refractivity contribution < 1.29 is 19.2 Å². The lowest BCUT2D eigenvalue weighted by Gasteiger charge is -2.60. The summed E-state index contributed by atoms with van der Waals surface area (Å²) in [7, 11) is 0. The molecular formula is C22H30O4. The second-order valence-electron chi connectivity index (χ2n) is 9.13. The van der Waals surface area contributed by atoms with Gasteiger partial charge in [-0.1, -0.05) is 44.2 Å². The molecule has 0 aromatic heterocycles. The second-order valence-corrected chi connectivity index (χ2v) is 9.13. The molecule has 142 valence electrons. The molecule has 0 radical (unpaired) electrons. The smallest absolute Gasteiger partial charge is 0.201 e. The van der Waals surface area contributed by atoms with E-state index in [1.165, 1.54) is 12.0 Å². The molecule has 1 saturated carbocycles. The van der Waals surface area contributed by atoms with E-state index < -0.39 is 11.4 Å². The average molecular weight is 358 g/mol. The third-order valence-corrected chi connectivity index (χ3v) is 7.57. The van der Waals surface area contributed by atoms with Gasteiger partial charge in [0.1, 0.15) is 0 Å². The van der Waals surface area contributed by atoms with Gasteiger partial charge >= 0.3 is 0 Å². The summed E-state index contributed by atoms with van der Waals surface area (Å²) >= 11 is 0. The van der Waals surface area contributed by atoms with Crippen LogP contribution in [0.4, 0.5) is 0 Å². The molecule has 4 heteroatoms. The van der Waals surface area contributed by atoms with Gasteiger partial charge in [0.15, 0.2) is 11.9 Å². The molecule has 5 aliphatic rings. The van der Waals surface area contributed by atoms with E-state index in [0.29, 0.717) is 23.7 Å². The summed E-state index contributed by atoms with van der Waals surface area (Å²) in [6.45, 7) is 6.68. The Hall–Kier alpha value is -0.940. The van der Waals surface area contributed by atoms with Crippen molar-refractivity contribution in [2.45, 2.75) is 76.7 Å². The summed E-state index contributed by atoms with van der Waals surface area (Å²) in [6.07, 6.45) is 5.12. The third kappa shape index (κ3) is 2.42. The number of benzene rings is 1. The first-order chi connectivity index (χ1) is 12.5. The van der Waals surface area contributed by atoms with Gasteiger partial charge in [-0.3, -0.25) is 0 Å². The summed E-state index contributed by atoms with van der Waals surface area (Å²) < 4.78 is 13.1. The van der Waals surface area contributed by atoms with Crippen molar-refractivity contribution in [1.29, 1.82) is 0 Å². The Bertz CT molecular complexity index is 663. The van der Waals surface area contributed by atoms with Crippen LogP contribution >= 0.6 is 0 Å². The highest BCUT2D eigenvalue weighted by Gasteiger charge is 2.69. The van der Waals surface area contributed by atoms with E-state index in [9.17, 15) is 0 Å². The number of rotatable bonds is 2. The van der Waals surface area contributed by atoms with E-state index >= 15 is 0 Å². The van der Waals surface area contributed by atoms with Gasteiger partial charge in [-0.15, -0.1) is 0 Å². The normalized spacial score (nSPS) is 50.1. The number of ether oxygens (including phenoxy) is 2. The molecule has 1 aromatic rings. The molecule has 4 nitrogen and oxygen atoms in total. The average Bonchev–Trinajstić information content (AvgIpc) is 2.86. The van der Waals surface area contributed by atoms with Crippen LogP contribution < -0.4 is 0 Å². The van der Waals surface area contributed by atoms with Gasteiger partial charge in [0.2, 0.25) is 5.79 Å². The number of hydrogen-bond acceptors (Lipinski definition) is 4. The van der Waals surface area contributed by atoms with E-state index in [2.05, 4.69) is 44.2 Å². The maximum absolute atomic E-state index is 6.63. The molecule has 0 unspecified atom stereocenters. The van der Waals surface area contributed by atoms with E-state index in [0.717, 1.165) is 25.7 Å². The van der Waals surface area contributed by atoms with Crippen molar-refractivity contribution in [1.82, 2.24) is 0 Å². The maximum atomic E-state index is 6.63. The Balaban J connectivity index is 1.50. The van der Waals surface area contributed by atoms with Crippen LogP contribution in [0.25, 0.3) is 0 Å². The summed E-state index contributed by atoms with van der Waals surface area (Å²) in [6, 6.07) is 10.6. The van der Waals surface area contributed by atoms with E-state index in [-0.39, 0.29) is 12.4 Å². The fourth-order valence-electron chi connectivity index (χ4n) is 6.06. The zero-order valence-electron chi connectivity index (χ0n) is 16.0. The molecule has 1 aromatic carbocycles. The first-order valence-electron chi connectivity index (χ1n) is 10.3. The van der Waals surface area contributed by atoms with Gasteiger partial charge in [-0.05, 0) is 55.9 Å². The summed E-state index contributed by atoms with van der Waals surface area (Å²) in [5.74, 6) is 1.20. The van der Waals surface area contributed by atoms with E-state index in [1.807, 2.05) is 6.92 Å². The highest BCUT2D eigenvalue weighted by molar-refractivity contribution is 5.17. The minimum absolute atomic E-state index is 0.152. The monoisotopic (exact) mass is 358 g/mol. The lowest BCUT2D eigenvalue weighted by atomic mass is 9.57. The molecule has 2 bridgehead atoms. The largest absolute Gasteiger partial charge is 0.346 e. The van der Waals surface area contributed by atoms with E-state index in [4.69, 9.17) is 19.2 Å². The van der Waals surface area contributed by atoms with Gasteiger partial charge in [-0.2, -0.15) is 0 Å². The standard InChI is InChI=1S/C22H30O4/c1-14-9-10-18-15(2)19(13-16-7-5-4-6-8-16)23-20-22(18)17(14)11-12-21(3,24-20)25-26-22/h4-8,14-15,17-20H,9-13H2,1-3H3/t14-,15+,17-,18-,19+,20+,21+,22+/m0/s1. The van der Waals surface area contributed by atoms with Crippen LogP contribution in [0.15, 0.2) is 30.3 Å². The van der Waals surface area contributed by atoms with Crippen molar-refractivity contribution in [3.63, 3.8) is 0 Å². The van der Waals surface area contributed by atoms with Crippen molar-refractivity contribution in [2.75, 3.05) is 0 Å². The van der Waals surface area contributed by atoms with Crippen LogP contribution in [-0.2, 0) is 25.7 Å². The predicted molar refractivity (Wildman–Crippen MR) is 97.0 cm³/mol. The maximum Gasteiger partial charge on any atom is 0.201 e. The molecular weight excluding hydrogens is 328 g/mol. The summed E-state index contributed by atoms with van der Waals surface area (Å²) in [5, 5.41) is 0. The van der Waals surface area contributed by atoms with Crippen molar-refractivity contribution in [2.24, 2.45) is 23.7 Å². The van der Waals surface area contributed by atoms with Gasteiger partial charge < -0.3 is 9.47 Å². The first kappa shape index (κ1) is 17.2. The fourth-order valence-corrected chi connectivity index (χ4v) is 6.06. The lowest BCUT2D eigenvalue weighted by Crippen LogP contribution is -2.70. The second kappa shape index (κ2) is 6.03. The first-order valence-corrected chi connectivity index (χ1v) is 10.3. The van der Waals surface area contributed by atoms with Crippen LogP contribution in [0.3, 0.4) is 0 Å². The minimum atomic E-state index is -0.685. The molecule has 4 saturated heterocycles. The highest BCUT2D eigenvalue weighted by Crippen LogP contribution is 2.60. The van der Waals surface area contributed by atoms with Gasteiger partial charge in [0, 0.05) is 12.3 Å². The molecule has 1 spiro atoms. The molecule has 0 N–H and O–H groups in total. The zero-order valence-corrected chi connectivity index (χ0v) is 16.0. The highest BCUT2D eigenvalue weighted by atomic mass is 17.3. The van der Waals surface area contributed by atoms with Gasteiger partial charge in [0.05, 0.1) is 6.10 Å². The van der Waals surface area contributed by atoms with Gasteiger partial charge in [0.25, 0.3) is 0 Å². The molecule has 5 fully saturated rings. The molecule has 4 aliphatic heterocycles. The molecule has 1 aliphatic carbocycles. The lowest BCUT2D eigenvalue weighted by molar-refractivity contribution is -0.571. The topological polar surface area (TPSA) is 36.9 Å². The summed E-state index contributed by atoms with van der Waals surface area (Å²) in [4.78, 5) is 12.1. The third-order valence-electron chi connectivity index (χ3n) is 7.57. The van der Waals surface area contributed by atoms with Crippen LogP contribution in [0.2, 0.25) is 0 Å². The van der Waals surface area contributed by atoms with Crippen LogP contribution in [0, 0.1) is 23.7 Å². The Morgan fingerprint density at radius 1 is 1.00 bits per heavy atom. The van der Waals surface area contributed by atoms with Crippen molar-refractivity contribution in [3.8, 4) is 0 Å². The van der Waals surface area contributed by atoms with Crippen LogP contribution in [0.5, 0.6) is 0 Å². The Morgan fingerprint density at radius 2 is 1.81 bits per heavy atom. The van der Waals surface area contributed by atoms with Crippen molar-refractivity contribution in [3.05, 3.63) is 35.9 Å². The minimum Gasteiger partial charge on any atom is -0.346 e. The van der Waals surface area contributed by atoms with Crippen LogP contribution in [0.1, 0.15) is 52.0 Å².